The zero-order valence-corrected chi connectivity index (χ0v) is 12.1. The van der Waals surface area contributed by atoms with E-state index in [1.807, 2.05) is 13.8 Å². The molecule has 0 aliphatic carbocycles. The molecule has 5 nitrogen and oxygen atoms in total. The minimum absolute atomic E-state index is 0.0361. The van der Waals surface area contributed by atoms with Gasteiger partial charge in [-0.15, -0.1) is 0 Å². The number of hydrogen-bond acceptors (Lipinski definition) is 4. The lowest BCUT2D eigenvalue weighted by atomic mass is 10.1. The first kappa shape index (κ1) is 16.2. The van der Waals surface area contributed by atoms with E-state index in [0.29, 0.717) is 18.8 Å². The van der Waals surface area contributed by atoms with E-state index in [1.54, 1.807) is 25.4 Å². The molecule has 0 aliphatic heterocycles. The Labute approximate surface area is 119 Å². The lowest BCUT2D eigenvalue weighted by Gasteiger charge is -2.21. The van der Waals surface area contributed by atoms with E-state index in [0.717, 1.165) is 5.56 Å². The topological polar surface area (TPSA) is 77.2 Å². The van der Waals surface area contributed by atoms with Gasteiger partial charge in [0.25, 0.3) is 5.91 Å². The Kier molecular flexibility index (Phi) is 6.71. The van der Waals surface area contributed by atoms with Gasteiger partial charge < -0.3 is 15.8 Å². The van der Waals surface area contributed by atoms with Crippen LogP contribution in [0.1, 0.15) is 29.9 Å². The number of rotatable bonds is 5. The van der Waals surface area contributed by atoms with Crippen molar-refractivity contribution in [3.63, 3.8) is 0 Å². The Morgan fingerprint density at radius 2 is 2.25 bits per heavy atom. The Bertz CT molecular complexity index is 486. The number of nitrogens with two attached hydrogens (primary N) is 1. The van der Waals surface area contributed by atoms with Crippen LogP contribution >= 0.6 is 0 Å². The highest BCUT2D eigenvalue weighted by Gasteiger charge is 2.17. The summed E-state index contributed by atoms with van der Waals surface area (Å²) >= 11 is 0. The van der Waals surface area contributed by atoms with E-state index in [2.05, 4.69) is 22.1 Å². The van der Waals surface area contributed by atoms with Crippen molar-refractivity contribution < 1.29 is 9.53 Å². The van der Waals surface area contributed by atoms with E-state index < -0.39 is 0 Å². The molecule has 1 unspecified atom stereocenters. The first-order valence-electron chi connectivity index (χ1n) is 6.53. The van der Waals surface area contributed by atoms with E-state index in [-0.39, 0.29) is 17.9 Å². The normalized spacial score (nSPS) is 11.7. The molecule has 1 rings (SSSR count). The minimum Gasteiger partial charge on any atom is -0.383 e. The van der Waals surface area contributed by atoms with E-state index in [1.165, 1.54) is 0 Å². The van der Waals surface area contributed by atoms with Crippen LogP contribution in [0.25, 0.3) is 0 Å². The van der Waals surface area contributed by atoms with Crippen LogP contribution in [0.5, 0.6) is 0 Å². The Morgan fingerprint density at radius 1 is 1.50 bits per heavy atom. The fraction of sp³-hybridized carbons (Fsp3) is 0.467. The van der Waals surface area contributed by atoms with Gasteiger partial charge in [0.15, 0.2) is 0 Å². The van der Waals surface area contributed by atoms with Crippen molar-refractivity contribution in [1.29, 1.82) is 0 Å². The van der Waals surface area contributed by atoms with Crippen molar-refractivity contribution in [1.82, 2.24) is 10.3 Å². The van der Waals surface area contributed by atoms with Crippen molar-refractivity contribution >= 4 is 5.91 Å². The van der Waals surface area contributed by atoms with Gasteiger partial charge in [-0.2, -0.15) is 0 Å². The maximum Gasteiger partial charge on any atom is 0.270 e. The number of methoxy groups -OCH3 is 1. The standard InChI is InChI=1S/C15H21N3O2/c1-11(2)14(10-20-3)18-15(19)13-7-6-12(9-17-13)5-4-8-16/h6-7,9,11,14H,8,10,16H2,1-3H3,(H,18,19). The van der Waals surface area contributed by atoms with Crippen LogP contribution in [0.15, 0.2) is 18.3 Å². The number of nitrogens with zero attached hydrogens (tertiary/aromatic N) is 1. The monoisotopic (exact) mass is 275 g/mol. The van der Waals surface area contributed by atoms with Crippen LogP contribution in [-0.2, 0) is 4.74 Å². The summed E-state index contributed by atoms with van der Waals surface area (Å²) in [7, 11) is 1.62. The van der Waals surface area contributed by atoms with E-state index in [4.69, 9.17) is 10.5 Å². The number of carbonyl (C=O) groups is 1. The number of aromatic nitrogens is 1. The summed E-state index contributed by atoms with van der Waals surface area (Å²) in [5, 5.41) is 2.91. The number of carbonyl (C=O) groups excluding carboxylic acids is 1. The highest BCUT2D eigenvalue weighted by Crippen LogP contribution is 2.04. The van der Waals surface area contributed by atoms with Crippen LogP contribution in [0, 0.1) is 17.8 Å². The van der Waals surface area contributed by atoms with Gasteiger partial charge in [0, 0.05) is 18.9 Å². The highest BCUT2D eigenvalue weighted by atomic mass is 16.5. The molecule has 1 heterocycles. The molecule has 1 amide bonds. The second-order valence-corrected chi connectivity index (χ2v) is 4.72. The molecule has 0 aromatic carbocycles. The summed E-state index contributed by atoms with van der Waals surface area (Å²) in [4.78, 5) is 16.2. The van der Waals surface area contributed by atoms with Crippen molar-refractivity contribution in [3.05, 3.63) is 29.6 Å². The molecule has 5 heteroatoms. The third kappa shape index (κ3) is 5.00. The molecule has 108 valence electrons. The summed E-state index contributed by atoms with van der Waals surface area (Å²) in [6.07, 6.45) is 1.57. The molecule has 3 N–H and O–H groups in total. The number of amides is 1. The third-order valence-corrected chi connectivity index (χ3v) is 2.80. The molecular weight excluding hydrogens is 254 g/mol. The van der Waals surface area contributed by atoms with Gasteiger partial charge in [-0.05, 0) is 18.1 Å². The molecule has 1 aromatic heterocycles. The lowest BCUT2D eigenvalue weighted by molar-refractivity contribution is 0.0862. The SMILES string of the molecule is COCC(NC(=O)c1ccc(C#CCN)cn1)C(C)C. The molecule has 0 bridgehead atoms. The predicted octanol–water partition coefficient (Wildman–Crippen LogP) is 0.793. The van der Waals surface area contributed by atoms with Gasteiger partial charge in [0.05, 0.1) is 19.2 Å². The van der Waals surface area contributed by atoms with Gasteiger partial charge >= 0.3 is 0 Å². The van der Waals surface area contributed by atoms with Gasteiger partial charge in [0.2, 0.25) is 0 Å². The third-order valence-electron chi connectivity index (χ3n) is 2.80. The Balaban J connectivity index is 2.72. The second kappa shape index (κ2) is 8.31. The van der Waals surface area contributed by atoms with Gasteiger partial charge in [-0.3, -0.25) is 4.79 Å². The quantitative estimate of drug-likeness (QED) is 0.779. The van der Waals surface area contributed by atoms with Crippen molar-refractivity contribution in [2.45, 2.75) is 19.9 Å². The summed E-state index contributed by atoms with van der Waals surface area (Å²) in [6, 6.07) is 3.37. The zero-order valence-electron chi connectivity index (χ0n) is 12.1. The lowest BCUT2D eigenvalue weighted by Crippen LogP contribution is -2.41. The van der Waals surface area contributed by atoms with Gasteiger partial charge in [-0.1, -0.05) is 25.7 Å². The van der Waals surface area contributed by atoms with Gasteiger partial charge in [0.1, 0.15) is 5.69 Å². The molecule has 1 atom stereocenters. The number of hydrogen-bond donors (Lipinski definition) is 2. The first-order chi connectivity index (χ1) is 9.58. The van der Waals surface area contributed by atoms with Crippen LogP contribution in [0.3, 0.4) is 0 Å². The van der Waals surface area contributed by atoms with Crippen molar-refractivity contribution in [3.8, 4) is 11.8 Å². The molecule has 0 radical (unpaired) electrons. The van der Waals surface area contributed by atoms with Crippen molar-refractivity contribution in [2.75, 3.05) is 20.3 Å². The highest BCUT2D eigenvalue weighted by molar-refractivity contribution is 5.92. The zero-order chi connectivity index (χ0) is 15.0. The molecule has 20 heavy (non-hydrogen) atoms. The molecule has 0 saturated heterocycles. The molecular formula is C15H21N3O2. The smallest absolute Gasteiger partial charge is 0.270 e. The first-order valence-corrected chi connectivity index (χ1v) is 6.53. The minimum atomic E-state index is -0.209. The summed E-state index contributed by atoms with van der Waals surface area (Å²) in [5.41, 5.74) is 6.40. The molecule has 1 aromatic rings. The molecule has 0 spiro atoms. The van der Waals surface area contributed by atoms with Gasteiger partial charge in [-0.25, -0.2) is 4.98 Å². The maximum atomic E-state index is 12.1. The Morgan fingerprint density at radius 3 is 2.75 bits per heavy atom. The van der Waals surface area contributed by atoms with Crippen LogP contribution in [0.2, 0.25) is 0 Å². The largest absolute Gasteiger partial charge is 0.383 e. The van der Waals surface area contributed by atoms with Crippen molar-refractivity contribution in [2.24, 2.45) is 11.7 Å². The molecule has 0 aliphatic rings. The number of ether oxygens (including phenoxy) is 1. The van der Waals surface area contributed by atoms with Crippen LogP contribution in [-0.4, -0.2) is 37.2 Å². The maximum absolute atomic E-state index is 12.1. The number of nitrogens with one attached hydrogen (secondary N) is 1. The molecule has 0 fully saturated rings. The molecule has 0 saturated carbocycles. The summed E-state index contributed by atoms with van der Waals surface area (Å²) < 4.78 is 5.10. The van der Waals surface area contributed by atoms with E-state index >= 15 is 0 Å². The number of pyridine rings is 1. The average molecular weight is 275 g/mol. The predicted molar refractivity (Wildman–Crippen MR) is 78.1 cm³/mol. The Hall–Kier alpha value is -1.90. The van der Waals surface area contributed by atoms with Crippen LogP contribution in [0.4, 0.5) is 0 Å². The fourth-order valence-electron chi connectivity index (χ4n) is 1.58. The summed E-state index contributed by atoms with van der Waals surface area (Å²) in [6.45, 7) is 4.84. The second-order valence-electron chi connectivity index (χ2n) is 4.72. The average Bonchev–Trinajstić information content (AvgIpc) is 2.45. The summed E-state index contributed by atoms with van der Waals surface area (Å²) in [5.74, 6) is 5.67. The van der Waals surface area contributed by atoms with Crippen LogP contribution < -0.4 is 11.1 Å². The fourth-order valence-corrected chi connectivity index (χ4v) is 1.58. The van der Waals surface area contributed by atoms with E-state index in [9.17, 15) is 4.79 Å².